The van der Waals surface area contributed by atoms with Crippen LogP contribution in [0.2, 0.25) is 5.02 Å². The monoisotopic (exact) mass is 398 g/mol. The van der Waals surface area contributed by atoms with Crippen LogP contribution in [0, 0.1) is 0 Å². The summed E-state index contributed by atoms with van der Waals surface area (Å²) in [6.07, 6.45) is 2.44. The van der Waals surface area contributed by atoms with E-state index in [1.807, 2.05) is 6.92 Å². The van der Waals surface area contributed by atoms with Crippen molar-refractivity contribution in [2.75, 3.05) is 23.8 Å². The number of ether oxygens (including phenoxy) is 1. The van der Waals surface area contributed by atoms with Gasteiger partial charge in [0, 0.05) is 23.9 Å². The zero-order valence-electron chi connectivity index (χ0n) is 13.7. The molecule has 1 aromatic heterocycles. The molecule has 1 aromatic carbocycles. The van der Waals surface area contributed by atoms with Gasteiger partial charge < -0.3 is 15.4 Å². The summed E-state index contributed by atoms with van der Waals surface area (Å²) < 4.78 is 6.32. The molecule has 2 aromatic rings. The molecule has 0 spiro atoms. The van der Waals surface area contributed by atoms with Gasteiger partial charge >= 0.3 is 0 Å². The van der Waals surface area contributed by atoms with Crippen molar-refractivity contribution >= 4 is 51.4 Å². The fraction of sp³-hybridized carbons (Fsp3) is 0.438. The van der Waals surface area contributed by atoms with E-state index >= 15 is 0 Å². The van der Waals surface area contributed by atoms with E-state index in [9.17, 15) is 4.79 Å². The van der Waals surface area contributed by atoms with Crippen LogP contribution in [-0.2, 0) is 9.53 Å². The number of nitrogens with zero attached hydrogens (tertiary/aromatic N) is 2. The summed E-state index contributed by atoms with van der Waals surface area (Å²) in [5.74, 6) is -0.101. The molecule has 2 N–H and O–H groups in total. The molecule has 2 atom stereocenters. The van der Waals surface area contributed by atoms with Gasteiger partial charge in [-0.1, -0.05) is 40.8 Å². The average molecular weight is 399 g/mol. The number of aromatic nitrogens is 2. The predicted octanol–water partition coefficient (Wildman–Crippen LogP) is 3.90. The highest BCUT2D eigenvalue weighted by Gasteiger charge is 2.19. The molecule has 2 unspecified atom stereocenters. The minimum Gasteiger partial charge on any atom is -0.376 e. The van der Waals surface area contributed by atoms with E-state index in [-0.39, 0.29) is 17.3 Å². The van der Waals surface area contributed by atoms with Gasteiger partial charge in [0.15, 0.2) is 4.34 Å². The summed E-state index contributed by atoms with van der Waals surface area (Å²) in [5.41, 5.74) is 0.682. The molecule has 3 rings (SSSR count). The number of nitrogens with one attached hydrogen (secondary N) is 2. The number of anilines is 2. The Balaban J connectivity index is 1.48. The highest BCUT2D eigenvalue weighted by molar-refractivity contribution is 8.02. The molecule has 9 heteroatoms. The van der Waals surface area contributed by atoms with Crippen molar-refractivity contribution < 1.29 is 9.53 Å². The third-order valence-electron chi connectivity index (χ3n) is 3.65. The maximum absolute atomic E-state index is 12.3. The van der Waals surface area contributed by atoms with Crippen LogP contribution < -0.4 is 10.6 Å². The Hall–Kier alpha value is -1.35. The van der Waals surface area contributed by atoms with Crippen LogP contribution in [0.1, 0.15) is 19.8 Å². The lowest BCUT2D eigenvalue weighted by atomic mass is 10.2. The molecule has 2 heterocycles. The number of benzene rings is 1. The van der Waals surface area contributed by atoms with Gasteiger partial charge in [0.2, 0.25) is 11.0 Å². The maximum Gasteiger partial charge on any atom is 0.237 e. The summed E-state index contributed by atoms with van der Waals surface area (Å²) in [6, 6.07) is 7.09. The van der Waals surface area contributed by atoms with Gasteiger partial charge in [-0.3, -0.25) is 4.79 Å². The first-order chi connectivity index (χ1) is 12.1. The number of hydrogen-bond acceptors (Lipinski definition) is 7. The minimum atomic E-state index is -0.294. The maximum atomic E-state index is 12.3. The second-order valence-corrected chi connectivity index (χ2v) is 8.65. The van der Waals surface area contributed by atoms with Gasteiger partial charge in [0.25, 0.3) is 0 Å². The van der Waals surface area contributed by atoms with Crippen LogP contribution >= 0.6 is 34.7 Å². The molecule has 25 heavy (non-hydrogen) atoms. The third-order valence-corrected chi connectivity index (χ3v) is 5.95. The quantitative estimate of drug-likeness (QED) is 0.689. The average Bonchev–Trinajstić information content (AvgIpc) is 3.24. The molecule has 1 aliphatic heterocycles. The Kier molecular flexibility index (Phi) is 6.52. The predicted molar refractivity (Wildman–Crippen MR) is 103 cm³/mol. The van der Waals surface area contributed by atoms with Crippen molar-refractivity contribution in [3.05, 3.63) is 29.3 Å². The summed E-state index contributed by atoms with van der Waals surface area (Å²) >= 11 is 8.75. The third kappa shape index (κ3) is 5.57. The van der Waals surface area contributed by atoms with Crippen LogP contribution in [0.5, 0.6) is 0 Å². The van der Waals surface area contributed by atoms with Crippen LogP contribution in [0.4, 0.5) is 10.8 Å². The van der Waals surface area contributed by atoms with Gasteiger partial charge in [-0.2, -0.15) is 0 Å². The highest BCUT2D eigenvalue weighted by Crippen LogP contribution is 2.29. The van der Waals surface area contributed by atoms with Crippen LogP contribution in [0.3, 0.4) is 0 Å². The molecule has 1 fully saturated rings. The van der Waals surface area contributed by atoms with Gasteiger partial charge in [-0.05, 0) is 38.0 Å². The Bertz CT molecular complexity index is 722. The fourth-order valence-corrected chi connectivity index (χ4v) is 4.44. The van der Waals surface area contributed by atoms with Gasteiger partial charge in [-0.25, -0.2) is 0 Å². The molecule has 0 radical (unpaired) electrons. The van der Waals surface area contributed by atoms with Gasteiger partial charge in [-0.15, -0.1) is 10.2 Å². The van der Waals surface area contributed by atoms with Gasteiger partial charge in [0.1, 0.15) is 0 Å². The number of hydrogen-bond donors (Lipinski definition) is 2. The van der Waals surface area contributed by atoms with E-state index in [0.717, 1.165) is 35.5 Å². The van der Waals surface area contributed by atoms with Crippen molar-refractivity contribution in [3.8, 4) is 0 Å². The molecule has 1 aliphatic rings. The van der Waals surface area contributed by atoms with E-state index in [1.54, 1.807) is 24.3 Å². The van der Waals surface area contributed by atoms with E-state index in [4.69, 9.17) is 16.3 Å². The standard InChI is InChI=1S/C16H19ClN4O2S2/c1-10(14(22)19-12-5-2-4-11(17)8-12)24-16-21-20-15(25-16)18-9-13-6-3-7-23-13/h2,4-5,8,10,13H,3,6-7,9H2,1H3,(H,18,20)(H,19,22). The topological polar surface area (TPSA) is 76.1 Å². The zero-order chi connectivity index (χ0) is 17.6. The normalized spacial score (nSPS) is 18.1. The molecule has 1 saturated heterocycles. The molecule has 6 nitrogen and oxygen atoms in total. The summed E-state index contributed by atoms with van der Waals surface area (Å²) in [7, 11) is 0. The van der Waals surface area contributed by atoms with Crippen LogP contribution in [0.25, 0.3) is 0 Å². The molecule has 134 valence electrons. The SMILES string of the molecule is CC(Sc1nnc(NCC2CCCO2)s1)C(=O)Nc1cccc(Cl)c1. The second kappa shape index (κ2) is 8.84. The van der Waals surface area contributed by atoms with Crippen molar-refractivity contribution in [2.45, 2.75) is 35.5 Å². The zero-order valence-corrected chi connectivity index (χ0v) is 16.1. The molecule has 1 amide bonds. The van der Waals surface area contributed by atoms with E-state index in [1.165, 1.54) is 23.1 Å². The Morgan fingerprint density at radius 3 is 3.16 bits per heavy atom. The number of rotatable bonds is 7. The van der Waals surface area contributed by atoms with E-state index in [2.05, 4.69) is 20.8 Å². The number of carbonyl (C=O) groups is 1. The number of halogens is 1. The lowest BCUT2D eigenvalue weighted by Crippen LogP contribution is -2.22. The molecule has 0 bridgehead atoms. The van der Waals surface area contributed by atoms with Crippen LogP contribution in [0.15, 0.2) is 28.6 Å². The van der Waals surface area contributed by atoms with E-state index < -0.39 is 0 Å². The molecule has 0 saturated carbocycles. The number of carbonyl (C=O) groups excluding carboxylic acids is 1. The summed E-state index contributed by atoms with van der Waals surface area (Å²) in [5, 5.41) is 15.4. The Morgan fingerprint density at radius 1 is 1.52 bits per heavy atom. The molecule has 0 aliphatic carbocycles. The molecular formula is C16H19ClN4O2S2. The Morgan fingerprint density at radius 2 is 2.40 bits per heavy atom. The van der Waals surface area contributed by atoms with Crippen molar-refractivity contribution in [1.82, 2.24) is 10.2 Å². The van der Waals surface area contributed by atoms with Crippen molar-refractivity contribution in [3.63, 3.8) is 0 Å². The molecular weight excluding hydrogens is 380 g/mol. The first-order valence-electron chi connectivity index (χ1n) is 8.02. The largest absolute Gasteiger partial charge is 0.376 e. The Labute approximate surface area is 159 Å². The minimum absolute atomic E-state index is 0.101. The lowest BCUT2D eigenvalue weighted by molar-refractivity contribution is -0.115. The number of thioether (sulfide) groups is 1. The smallest absolute Gasteiger partial charge is 0.237 e. The highest BCUT2D eigenvalue weighted by atomic mass is 35.5. The van der Waals surface area contributed by atoms with E-state index in [0.29, 0.717) is 10.7 Å². The van der Waals surface area contributed by atoms with Crippen molar-refractivity contribution in [2.24, 2.45) is 0 Å². The summed E-state index contributed by atoms with van der Waals surface area (Å²) in [6.45, 7) is 3.42. The van der Waals surface area contributed by atoms with Gasteiger partial charge in [0.05, 0.1) is 11.4 Å². The second-order valence-electron chi connectivity index (χ2n) is 5.65. The summed E-state index contributed by atoms with van der Waals surface area (Å²) in [4.78, 5) is 12.3. The lowest BCUT2D eigenvalue weighted by Gasteiger charge is -2.10. The fourth-order valence-electron chi connectivity index (χ4n) is 2.35. The van der Waals surface area contributed by atoms with Crippen molar-refractivity contribution in [1.29, 1.82) is 0 Å². The van der Waals surface area contributed by atoms with Crippen LogP contribution in [-0.4, -0.2) is 40.6 Å². The number of amides is 1. The first-order valence-corrected chi connectivity index (χ1v) is 10.1. The first kappa shape index (κ1) is 18.4.